The van der Waals surface area contributed by atoms with E-state index in [0.29, 0.717) is 11.3 Å². The number of hydrogen-bond donors (Lipinski definition) is 0. The summed E-state index contributed by atoms with van der Waals surface area (Å²) in [4.78, 5) is 2.69. The minimum Gasteiger partial charge on any atom is -0.335 e. The fourth-order valence-electron chi connectivity index (χ4n) is 12.7. The number of fused-ring (bicyclic) bond motifs is 9. The SMILES string of the molecule is CC1(C)CCC2c3cc(-c4ccc5c6c(-c7ccccc7)c7c8cccc9cccc(c7c(-c7ccccc7)c6c6cccc4c65)c98)ccc3N(c3ccccc3)C2(C)C1. The van der Waals surface area contributed by atoms with Crippen LogP contribution in [0, 0.1) is 5.41 Å². The fourth-order valence-corrected chi connectivity index (χ4v) is 12.7. The monoisotopic (exact) mass is 767 g/mol. The maximum absolute atomic E-state index is 2.69. The van der Waals surface area contributed by atoms with Gasteiger partial charge in [-0.2, -0.15) is 0 Å². The molecule has 1 heterocycles. The Hall–Kier alpha value is -6.70. The van der Waals surface area contributed by atoms with Crippen LogP contribution in [0.3, 0.4) is 0 Å². The molecule has 1 aliphatic carbocycles. The summed E-state index contributed by atoms with van der Waals surface area (Å²) in [6.45, 7) is 7.47. The lowest BCUT2D eigenvalue weighted by Crippen LogP contribution is -2.49. The molecule has 2 unspecified atom stereocenters. The maximum atomic E-state index is 2.69. The third-order valence-corrected chi connectivity index (χ3v) is 14.8. The predicted octanol–water partition coefficient (Wildman–Crippen LogP) is 16.7. The third-order valence-electron chi connectivity index (χ3n) is 14.8. The number of anilines is 2. The Morgan fingerprint density at radius 3 is 1.60 bits per heavy atom. The van der Waals surface area contributed by atoms with E-state index >= 15 is 0 Å². The molecule has 0 bridgehead atoms. The van der Waals surface area contributed by atoms with Crippen molar-refractivity contribution in [2.45, 2.75) is 51.5 Å². The summed E-state index contributed by atoms with van der Waals surface area (Å²) >= 11 is 0. The lowest BCUT2D eigenvalue weighted by molar-refractivity contribution is 0.148. The standard InChI is InChI=1S/C59H45N/c1-58(2)33-32-48-47-34-39(28-31-49(47)60(59(48,3)35-58)40-22-11-6-12-23-40)41-29-30-46-53-42(41)24-15-27-45(53)56-51(37-16-7-4-8-17-37)54-43-25-13-20-36-21-14-26-44(50(36)43)55(54)52(57(46)56)38-18-9-5-10-19-38/h4-31,34,48H,32-33,35H2,1-3H3. The summed E-state index contributed by atoms with van der Waals surface area (Å²) in [5.74, 6) is 0.471. The first-order valence-corrected chi connectivity index (χ1v) is 21.8. The normalized spacial score (nSPS) is 18.7. The van der Waals surface area contributed by atoms with Crippen LogP contribution in [0.25, 0.3) is 98.0 Å². The summed E-state index contributed by atoms with van der Waals surface area (Å²) < 4.78 is 0. The van der Waals surface area contributed by atoms with Gasteiger partial charge in [-0.15, -0.1) is 0 Å². The van der Waals surface area contributed by atoms with Gasteiger partial charge in [0, 0.05) is 22.8 Å². The van der Waals surface area contributed by atoms with Crippen molar-refractivity contribution in [3.63, 3.8) is 0 Å². The van der Waals surface area contributed by atoms with Crippen LogP contribution in [0.1, 0.15) is 51.5 Å². The van der Waals surface area contributed by atoms with Crippen molar-refractivity contribution in [3.05, 3.63) is 181 Å². The lowest BCUT2D eigenvalue weighted by Gasteiger charge is -2.50. The Balaban J connectivity index is 1.13. The van der Waals surface area contributed by atoms with Crippen molar-refractivity contribution >= 4 is 76.0 Å². The Kier molecular flexibility index (Phi) is 6.94. The minimum absolute atomic E-state index is 0.0126. The molecule has 1 aliphatic heterocycles. The van der Waals surface area contributed by atoms with Crippen LogP contribution in [0.4, 0.5) is 11.4 Å². The van der Waals surface area contributed by atoms with Crippen LogP contribution in [-0.2, 0) is 0 Å². The zero-order chi connectivity index (χ0) is 39.9. The van der Waals surface area contributed by atoms with Crippen LogP contribution in [0.5, 0.6) is 0 Å². The highest BCUT2D eigenvalue weighted by atomic mass is 15.2. The van der Waals surface area contributed by atoms with Gasteiger partial charge >= 0.3 is 0 Å². The van der Waals surface area contributed by atoms with Crippen molar-refractivity contribution in [1.82, 2.24) is 0 Å². The average molecular weight is 768 g/mol. The molecule has 0 spiro atoms. The lowest BCUT2D eigenvalue weighted by atomic mass is 9.63. The predicted molar refractivity (Wildman–Crippen MR) is 258 cm³/mol. The van der Waals surface area contributed by atoms with Crippen molar-refractivity contribution in [2.24, 2.45) is 5.41 Å². The van der Waals surface area contributed by atoms with Gasteiger partial charge in [-0.25, -0.2) is 0 Å². The van der Waals surface area contributed by atoms with E-state index in [1.165, 1.54) is 134 Å². The molecule has 286 valence electrons. The molecule has 2 aliphatic rings. The molecule has 0 aromatic heterocycles. The molecule has 1 nitrogen and oxygen atoms in total. The molecule has 0 radical (unpaired) electrons. The van der Waals surface area contributed by atoms with Crippen molar-refractivity contribution < 1.29 is 0 Å². The van der Waals surface area contributed by atoms with Gasteiger partial charge in [-0.05, 0) is 159 Å². The van der Waals surface area contributed by atoms with E-state index in [9.17, 15) is 0 Å². The van der Waals surface area contributed by atoms with Gasteiger partial charge in [-0.1, -0.05) is 166 Å². The Morgan fingerprint density at radius 1 is 0.450 bits per heavy atom. The summed E-state index contributed by atoms with van der Waals surface area (Å²) in [5, 5.41) is 16.1. The van der Waals surface area contributed by atoms with E-state index < -0.39 is 0 Å². The van der Waals surface area contributed by atoms with Crippen LogP contribution in [0.15, 0.2) is 176 Å². The van der Waals surface area contributed by atoms with E-state index in [4.69, 9.17) is 0 Å². The largest absolute Gasteiger partial charge is 0.335 e. The van der Waals surface area contributed by atoms with E-state index in [-0.39, 0.29) is 5.54 Å². The molecular weight excluding hydrogens is 723 g/mol. The molecule has 60 heavy (non-hydrogen) atoms. The highest BCUT2D eigenvalue weighted by Gasteiger charge is 2.53. The smallest absolute Gasteiger partial charge is 0.0497 e. The van der Waals surface area contributed by atoms with Gasteiger partial charge < -0.3 is 4.90 Å². The summed E-state index contributed by atoms with van der Waals surface area (Å²) in [6, 6.07) is 66.7. The van der Waals surface area contributed by atoms with Crippen LogP contribution in [-0.4, -0.2) is 5.54 Å². The maximum Gasteiger partial charge on any atom is 0.0497 e. The minimum atomic E-state index is 0.0126. The first-order chi connectivity index (χ1) is 29.4. The Bertz CT molecular complexity index is 3360. The molecule has 13 rings (SSSR count). The summed E-state index contributed by atoms with van der Waals surface area (Å²) in [5.41, 5.74) is 12.3. The topological polar surface area (TPSA) is 3.24 Å². The van der Waals surface area contributed by atoms with Crippen LogP contribution >= 0.6 is 0 Å². The first-order valence-electron chi connectivity index (χ1n) is 21.8. The van der Waals surface area contributed by atoms with Crippen molar-refractivity contribution in [1.29, 1.82) is 0 Å². The van der Waals surface area contributed by atoms with E-state index in [1.807, 2.05) is 0 Å². The quantitative estimate of drug-likeness (QED) is 0.172. The summed E-state index contributed by atoms with van der Waals surface area (Å²) in [6.07, 6.45) is 3.61. The molecule has 0 amide bonds. The molecular formula is C59H45N. The van der Waals surface area contributed by atoms with Gasteiger partial charge in [0.05, 0.1) is 0 Å². The van der Waals surface area contributed by atoms with Crippen molar-refractivity contribution in [3.8, 4) is 33.4 Å². The second-order valence-electron chi connectivity index (χ2n) is 18.8. The second kappa shape index (κ2) is 12.2. The molecule has 1 saturated carbocycles. The van der Waals surface area contributed by atoms with Gasteiger partial charge in [0.1, 0.15) is 0 Å². The molecule has 11 aromatic carbocycles. The number of hydrogen-bond acceptors (Lipinski definition) is 1. The second-order valence-corrected chi connectivity index (χ2v) is 18.8. The van der Waals surface area contributed by atoms with E-state index in [2.05, 4.69) is 202 Å². The molecule has 1 fully saturated rings. The summed E-state index contributed by atoms with van der Waals surface area (Å²) in [7, 11) is 0. The molecule has 11 aromatic rings. The van der Waals surface area contributed by atoms with Gasteiger partial charge in [0.15, 0.2) is 0 Å². The highest BCUT2D eigenvalue weighted by Crippen LogP contribution is 2.62. The van der Waals surface area contributed by atoms with Gasteiger partial charge in [-0.3, -0.25) is 0 Å². The number of rotatable bonds is 4. The van der Waals surface area contributed by atoms with Crippen LogP contribution < -0.4 is 4.90 Å². The molecule has 1 heteroatoms. The zero-order valence-corrected chi connectivity index (χ0v) is 34.4. The van der Waals surface area contributed by atoms with E-state index in [1.54, 1.807) is 0 Å². The van der Waals surface area contributed by atoms with Gasteiger partial charge in [0.2, 0.25) is 0 Å². The highest BCUT2D eigenvalue weighted by molar-refractivity contribution is 6.46. The fraction of sp³-hybridized carbons (Fsp3) is 0.153. The number of para-hydroxylation sites is 1. The molecule has 0 saturated heterocycles. The molecule has 0 N–H and O–H groups in total. The Labute approximate surface area is 351 Å². The molecule has 2 atom stereocenters. The third kappa shape index (κ3) is 4.53. The Morgan fingerprint density at radius 2 is 0.983 bits per heavy atom. The number of benzene rings is 9. The first kappa shape index (κ1) is 34.2. The van der Waals surface area contributed by atoms with Crippen molar-refractivity contribution in [2.75, 3.05) is 4.90 Å². The zero-order valence-electron chi connectivity index (χ0n) is 34.4. The van der Waals surface area contributed by atoms with E-state index in [0.717, 1.165) is 0 Å². The average Bonchev–Trinajstić information content (AvgIpc) is 3.88. The van der Waals surface area contributed by atoms with Gasteiger partial charge in [0.25, 0.3) is 0 Å². The number of nitrogens with zero attached hydrogens (tertiary/aromatic N) is 1. The van der Waals surface area contributed by atoms with Crippen LogP contribution in [0.2, 0.25) is 0 Å².